The molecular weight excluding hydrogens is 363 g/mol. The summed E-state index contributed by atoms with van der Waals surface area (Å²) in [5.41, 5.74) is 0. The van der Waals surface area contributed by atoms with E-state index in [1.165, 1.54) is 0 Å². The molecule has 4 aliphatic heterocycles. The van der Waals surface area contributed by atoms with Gasteiger partial charge in [0.15, 0.2) is 0 Å². The monoisotopic (exact) mass is 398 g/mol. The van der Waals surface area contributed by atoms with E-state index in [2.05, 4.69) is 70.2 Å². The molecule has 0 aromatic rings. The van der Waals surface area contributed by atoms with Gasteiger partial charge in [-0.2, -0.15) is 0 Å². The fourth-order valence-electron chi connectivity index (χ4n) is 2.38. The van der Waals surface area contributed by atoms with Crippen molar-refractivity contribution in [3.8, 4) is 0 Å². The molecule has 0 amide bonds. The van der Waals surface area contributed by atoms with Gasteiger partial charge in [-0.25, -0.2) is 0 Å². The third kappa shape index (κ3) is 15.0. The number of hydrogen-bond donors (Lipinski definition) is 4. The van der Waals surface area contributed by atoms with Crippen molar-refractivity contribution >= 4 is 0 Å². The van der Waals surface area contributed by atoms with E-state index >= 15 is 0 Å². The van der Waals surface area contributed by atoms with Crippen LogP contribution in [0.2, 0.25) is 0 Å². The van der Waals surface area contributed by atoms with Crippen LogP contribution in [0.15, 0.2) is 0 Å². The second kappa shape index (κ2) is 16.4. The van der Waals surface area contributed by atoms with E-state index in [9.17, 15) is 0 Å². The minimum atomic E-state index is 0. The van der Waals surface area contributed by atoms with Crippen molar-refractivity contribution in [2.75, 3.05) is 52.4 Å². The van der Waals surface area contributed by atoms with Crippen molar-refractivity contribution in [3.05, 3.63) is 21.3 Å². The minimum Gasteiger partial charge on any atom is -0.646 e. The molecule has 0 spiro atoms. The molecule has 4 aliphatic rings. The second-order valence-electron chi connectivity index (χ2n) is 6.15. The predicted molar refractivity (Wildman–Crippen MR) is 103 cm³/mol. The summed E-state index contributed by atoms with van der Waals surface area (Å²) in [7, 11) is 0. The fourth-order valence-corrected chi connectivity index (χ4v) is 2.38. The summed E-state index contributed by atoms with van der Waals surface area (Å²) in [6.45, 7) is 16.5. The van der Waals surface area contributed by atoms with E-state index in [1.807, 2.05) is 0 Å². The molecule has 0 aromatic heterocycles. The first-order valence-electron chi connectivity index (χ1n) is 9.18. The van der Waals surface area contributed by atoms with Crippen LogP contribution in [0.1, 0.15) is 27.7 Å². The van der Waals surface area contributed by atoms with Gasteiger partial charge < -0.3 is 42.5 Å². The first kappa shape index (κ1) is 25.2. The molecule has 4 N–H and O–H groups in total. The Balaban J connectivity index is 0.000000303. The minimum absolute atomic E-state index is 0. The quantitative estimate of drug-likeness (QED) is 0.460. The maximum atomic E-state index is 4.12. The van der Waals surface area contributed by atoms with Gasteiger partial charge in [0.2, 0.25) is 0 Å². The van der Waals surface area contributed by atoms with Crippen LogP contribution in [0.3, 0.4) is 0 Å². The Kier molecular flexibility index (Phi) is 16.5. The van der Waals surface area contributed by atoms with Crippen LogP contribution in [-0.4, -0.2) is 77.0 Å². The summed E-state index contributed by atoms with van der Waals surface area (Å²) in [4.78, 5) is 0. The van der Waals surface area contributed by atoms with Crippen LogP contribution in [-0.2, 0) is 16.5 Å². The molecule has 0 saturated carbocycles. The summed E-state index contributed by atoms with van der Waals surface area (Å²) >= 11 is 0. The Bertz CT molecular complexity index is 217. The molecule has 4 atom stereocenters. The molecule has 8 nitrogen and oxygen atoms in total. The standard InChI is InChI=1S/4C4H9N2.Ni/c4*1-4-5-2-3-6-4;/h4*4-5H,2-3H2,1H3;/q4*-1;. The molecule has 0 aliphatic carbocycles. The second-order valence-corrected chi connectivity index (χ2v) is 6.15. The maximum absolute atomic E-state index is 4.12. The molecule has 4 unspecified atom stereocenters. The Morgan fingerprint density at radius 1 is 0.480 bits per heavy atom. The smallest absolute Gasteiger partial charge is 0 e. The summed E-state index contributed by atoms with van der Waals surface area (Å²) in [5, 5.41) is 29.1. The first-order valence-corrected chi connectivity index (χ1v) is 9.18. The molecule has 4 heterocycles. The molecular formula is C16H36N8Ni-4. The Labute approximate surface area is 164 Å². The van der Waals surface area contributed by atoms with Gasteiger partial charge in [0, 0.05) is 16.5 Å². The van der Waals surface area contributed by atoms with Crippen LogP contribution in [0.4, 0.5) is 0 Å². The first-order chi connectivity index (χ1) is 11.6. The molecule has 0 radical (unpaired) electrons. The number of rotatable bonds is 0. The van der Waals surface area contributed by atoms with E-state index in [1.54, 1.807) is 0 Å². The summed E-state index contributed by atoms with van der Waals surface area (Å²) < 4.78 is 0. The molecule has 9 heteroatoms. The van der Waals surface area contributed by atoms with Crippen LogP contribution in [0.5, 0.6) is 0 Å². The van der Waals surface area contributed by atoms with Crippen molar-refractivity contribution in [3.63, 3.8) is 0 Å². The predicted octanol–water partition coefficient (Wildman–Crippen LogP) is 1.23. The van der Waals surface area contributed by atoms with Gasteiger partial charge in [0.05, 0.1) is 0 Å². The van der Waals surface area contributed by atoms with Crippen molar-refractivity contribution in [1.82, 2.24) is 21.3 Å². The molecule has 0 bridgehead atoms. The molecule has 4 saturated heterocycles. The summed E-state index contributed by atoms with van der Waals surface area (Å²) in [6.07, 6.45) is 1.69. The normalized spacial score (nSPS) is 33.1. The van der Waals surface area contributed by atoms with Crippen LogP contribution in [0.25, 0.3) is 21.3 Å². The molecule has 0 aromatic carbocycles. The largest absolute Gasteiger partial charge is 0.646 e. The van der Waals surface area contributed by atoms with Gasteiger partial charge in [-0.15, -0.1) is 26.2 Å². The summed E-state index contributed by atoms with van der Waals surface area (Å²) in [5.74, 6) is 0. The van der Waals surface area contributed by atoms with Gasteiger partial charge in [0.25, 0.3) is 0 Å². The topological polar surface area (TPSA) is 105 Å². The third-order valence-electron chi connectivity index (χ3n) is 3.82. The molecule has 154 valence electrons. The SMILES string of the molecule is CC1[N-]CCN1.CC1[N-]CCN1.CC1[N-]CCN1.CC1[N-]CCN1.[Ni]. The van der Waals surface area contributed by atoms with Crippen molar-refractivity contribution in [2.45, 2.75) is 52.4 Å². The molecule has 25 heavy (non-hydrogen) atoms. The Morgan fingerprint density at radius 3 is 0.720 bits per heavy atom. The average Bonchev–Trinajstić information content (AvgIpc) is 3.31. The maximum Gasteiger partial charge on any atom is 0 e. The van der Waals surface area contributed by atoms with E-state index in [0.29, 0.717) is 24.7 Å². The van der Waals surface area contributed by atoms with Crippen molar-refractivity contribution in [1.29, 1.82) is 0 Å². The van der Waals surface area contributed by atoms with E-state index in [-0.39, 0.29) is 16.5 Å². The van der Waals surface area contributed by atoms with Crippen molar-refractivity contribution in [2.24, 2.45) is 0 Å². The molecule has 4 fully saturated rings. The number of nitrogens with one attached hydrogen (secondary N) is 4. The van der Waals surface area contributed by atoms with Crippen LogP contribution < -0.4 is 21.3 Å². The zero-order valence-corrected chi connectivity index (χ0v) is 17.1. The van der Waals surface area contributed by atoms with Gasteiger partial charge in [-0.1, -0.05) is 52.4 Å². The van der Waals surface area contributed by atoms with Crippen LogP contribution in [0, 0.1) is 0 Å². The average molecular weight is 399 g/mol. The third-order valence-corrected chi connectivity index (χ3v) is 3.82. The Hall–Kier alpha value is 0.174. The zero-order chi connectivity index (χ0) is 17.6. The van der Waals surface area contributed by atoms with Crippen molar-refractivity contribution < 1.29 is 16.5 Å². The molecule has 4 rings (SSSR count). The van der Waals surface area contributed by atoms with Gasteiger partial charge >= 0.3 is 0 Å². The van der Waals surface area contributed by atoms with Gasteiger partial charge in [0.1, 0.15) is 0 Å². The van der Waals surface area contributed by atoms with Gasteiger partial charge in [-0.05, 0) is 26.2 Å². The fraction of sp³-hybridized carbons (Fsp3) is 1.00. The van der Waals surface area contributed by atoms with Crippen LogP contribution >= 0.6 is 0 Å². The summed E-state index contributed by atoms with van der Waals surface area (Å²) in [6, 6.07) is 0. The van der Waals surface area contributed by atoms with E-state index in [4.69, 9.17) is 0 Å². The van der Waals surface area contributed by atoms with E-state index < -0.39 is 0 Å². The van der Waals surface area contributed by atoms with Gasteiger partial charge in [-0.3, -0.25) is 0 Å². The van der Waals surface area contributed by atoms with E-state index in [0.717, 1.165) is 52.4 Å². The number of nitrogens with zero attached hydrogens (tertiary/aromatic N) is 4. The Morgan fingerprint density at radius 2 is 0.680 bits per heavy atom. The zero-order valence-electron chi connectivity index (χ0n) is 16.1. The number of hydrogen-bond acceptors (Lipinski definition) is 4.